The van der Waals surface area contributed by atoms with Gasteiger partial charge in [0.1, 0.15) is 0 Å². The molecule has 1 aliphatic carbocycles. The number of halogens is 3. The van der Waals surface area contributed by atoms with Crippen molar-refractivity contribution in [3.63, 3.8) is 0 Å². The third kappa shape index (κ3) is 3.68. The summed E-state index contributed by atoms with van der Waals surface area (Å²) in [5.41, 5.74) is -0.676. The zero-order chi connectivity index (χ0) is 13.9. The molecule has 1 fully saturated rings. The zero-order valence-corrected chi connectivity index (χ0v) is 11.7. The molecule has 2 rings (SSSR count). The zero-order valence-electron chi connectivity index (χ0n) is 10.8. The maximum Gasteiger partial charge on any atom is 0.419 e. The van der Waals surface area contributed by atoms with Crippen molar-refractivity contribution in [3.8, 4) is 0 Å². The molecule has 0 aromatic carbocycles. The van der Waals surface area contributed by atoms with Gasteiger partial charge < -0.3 is 0 Å². The Bertz CT molecular complexity index is 406. The van der Waals surface area contributed by atoms with E-state index >= 15 is 0 Å². The molecule has 6 heteroatoms. The molecule has 0 amide bonds. The van der Waals surface area contributed by atoms with Gasteiger partial charge in [-0.15, -0.1) is 0 Å². The fourth-order valence-corrected chi connectivity index (χ4v) is 3.20. The van der Waals surface area contributed by atoms with Crippen molar-refractivity contribution < 1.29 is 13.2 Å². The molecule has 2 nitrogen and oxygen atoms in total. The lowest BCUT2D eigenvalue weighted by Gasteiger charge is -2.31. The molecule has 0 N–H and O–H groups in total. The maximum absolute atomic E-state index is 12.6. The number of rotatable bonds is 3. The number of hydrogen-bond donors (Lipinski definition) is 1. The Kier molecular flexibility index (Phi) is 4.48. The summed E-state index contributed by atoms with van der Waals surface area (Å²) in [6.45, 7) is 0.534. The van der Waals surface area contributed by atoms with Crippen molar-refractivity contribution in [2.45, 2.75) is 51.2 Å². The molecule has 108 valence electrons. The molecular formula is C13H19F3N2S. The molecule has 1 heterocycles. The van der Waals surface area contributed by atoms with Gasteiger partial charge >= 0.3 is 6.18 Å². The first-order valence-electron chi connectivity index (χ1n) is 6.66. The Balaban J connectivity index is 2.11. The normalized spacial score (nSPS) is 20.2. The van der Waals surface area contributed by atoms with Gasteiger partial charge in [0.2, 0.25) is 0 Å². The summed E-state index contributed by atoms with van der Waals surface area (Å²) in [5.74, 6) is 0.703. The van der Waals surface area contributed by atoms with Gasteiger partial charge in [-0.1, -0.05) is 25.7 Å². The van der Waals surface area contributed by atoms with Crippen LogP contribution in [0.5, 0.6) is 0 Å². The van der Waals surface area contributed by atoms with Gasteiger partial charge in [0.05, 0.1) is 11.8 Å². The molecule has 0 bridgehead atoms. The van der Waals surface area contributed by atoms with E-state index in [2.05, 4.69) is 17.7 Å². The topological polar surface area (TPSA) is 17.8 Å². The monoisotopic (exact) mass is 292 g/mol. The second kappa shape index (κ2) is 5.77. The molecule has 1 saturated carbocycles. The van der Waals surface area contributed by atoms with Crippen LogP contribution in [-0.2, 0) is 12.7 Å². The smallest absolute Gasteiger partial charge is 0.272 e. The second-order valence-electron chi connectivity index (χ2n) is 5.50. The van der Waals surface area contributed by atoms with E-state index in [1.54, 1.807) is 0 Å². The van der Waals surface area contributed by atoms with Crippen molar-refractivity contribution in [3.05, 3.63) is 18.0 Å². The standard InChI is InChI=1S/C13H19F3N2S/c14-13(15,16)11-7-17-18(8-11)9-12(10-19)5-3-1-2-4-6-12/h7-8,19H,1-6,9-10H2. The fraction of sp³-hybridized carbons (Fsp3) is 0.769. The Morgan fingerprint density at radius 2 is 1.84 bits per heavy atom. The Morgan fingerprint density at radius 3 is 2.32 bits per heavy atom. The third-order valence-corrected chi connectivity index (χ3v) is 4.63. The summed E-state index contributed by atoms with van der Waals surface area (Å²) in [4.78, 5) is 0. The molecule has 0 radical (unpaired) electrons. The second-order valence-corrected chi connectivity index (χ2v) is 5.81. The van der Waals surface area contributed by atoms with Gasteiger partial charge in [-0.25, -0.2) is 0 Å². The van der Waals surface area contributed by atoms with E-state index in [4.69, 9.17) is 0 Å². The molecule has 1 aliphatic rings. The predicted molar refractivity (Wildman–Crippen MR) is 71.2 cm³/mol. The van der Waals surface area contributed by atoms with E-state index in [0.29, 0.717) is 12.3 Å². The summed E-state index contributed by atoms with van der Waals surface area (Å²) >= 11 is 4.43. The Morgan fingerprint density at radius 1 is 1.21 bits per heavy atom. The summed E-state index contributed by atoms with van der Waals surface area (Å²) in [6, 6.07) is 0. The highest BCUT2D eigenvalue weighted by molar-refractivity contribution is 7.80. The van der Waals surface area contributed by atoms with Gasteiger partial charge in [-0.3, -0.25) is 4.68 Å². The summed E-state index contributed by atoms with van der Waals surface area (Å²) in [7, 11) is 0. The summed E-state index contributed by atoms with van der Waals surface area (Å²) in [6.07, 6.45) is 4.44. The third-order valence-electron chi connectivity index (χ3n) is 3.96. The highest BCUT2D eigenvalue weighted by Crippen LogP contribution is 2.38. The van der Waals surface area contributed by atoms with Gasteiger partial charge in [0.15, 0.2) is 0 Å². The van der Waals surface area contributed by atoms with E-state index in [-0.39, 0.29) is 5.41 Å². The molecule has 0 spiro atoms. The molecule has 1 aromatic heterocycles. The van der Waals surface area contributed by atoms with Crippen molar-refractivity contribution in [2.75, 3.05) is 5.75 Å². The minimum atomic E-state index is -4.31. The average Bonchev–Trinajstić information content (AvgIpc) is 2.69. The highest BCUT2D eigenvalue weighted by Gasteiger charge is 2.34. The van der Waals surface area contributed by atoms with Crippen LogP contribution in [0.4, 0.5) is 13.2 Å². The van der Waals surface area contributed by atoms with Crippen LogP contribution in [0.25, 0.3) is 0 Å². The quantitative estimate of drug-likeness (QED) is 0.654. The van der Waals surface area contributed by atoms with Crippen molar-refractivity contribution >= 4 is 12.6 Å². The van der Waals surface area contributed by atoms with E-state index < -0.39 is 11.7 Å². The van der Waals surface area contributed by atoms with Crippen molar-refractivity contribution in [1.29, 1.82) is 0 Å². The fourth-order valence-electron chi connectivity index (χ4n) is 2.78. The largest absolute Gasteiger partial charge is 0.419 e. The SMILES string of the molecule is FC(F)(F)c1cnn(CC2(CS)CCCCCC2)c1. The van der Waals surface area contributed by atoms with Crippen LogP contribution >= 0.6 is 12.6 Å². The lowest BCUT2D eigenvalue weighted by atomic mass is 9.82. The van der Waals surface area contributed by atoms with Crippen LogP contribution in [0, 0.1) is 5.41 Å². The van der Waals surface area contributed by atoms with Gasteiger partial charge in [0, 0.05) is 12.7 Å². The van der Waals surface area contributed by atoms with E-state index in [0.717, 1.165) is 38.1 Å². The maximum atomic E-state index is 12.6. The first-order chi connectivity index (χ1) is 8.95. The summed E-state index contributed by atoms with van der Waals surface area (Å²) in [5, 5.41) is 3.86. The average molecular weight is 292 g/mol. The minimum Gasteiger partial charge on any atom is -0.272 e. The number of nitrogens with zero attached hydrogens (tertiary/aromatic N) is 2. The minimum absolute atomic E-state index is 0.00546. The van der Waals surface area contributed by atoms with Crippen LogP contribution in [0.15, 0.2) is 12.4 Å². The Hall–Kier alpha value is -0.650. The Labute approximate surface area is 116 Å². The molecule has 1 aromatic rings. The highest BCUT2D eigenvalue weighted by atomic mass is 32.1. The first kappa shape index (κ1) is 14.8. The molecule has 0 aliphatic heterocycles. The lowest BCUT2D eigenvalue weighted by Crippen LogP contribution is -2.28. The molecular weight excluding hydrogens is 273 g/mol. The summed E-state index contributed by atoms with van der Waals surface area (Å²) < 4.78 is 39.1. The van der Waals surface area contributed by atoms with Crippen molar-refractivity contribution in [2.24, 2.45) is 5.41 Å². The van der Waals surface area contributed by atoms with E-state index in [9.17, 15) is 13.2 Å². The first-order valence-corrected chi connectivity index (χ1v) is 7.29. The van der Waals surface area contributed by atoms with Crippen LogP contribution in [0.1, 0.15) is 44.1 Å². The number of thiol groups is 1. The number of alkyl halides is 3. The molecule has 0 unspecified atom stereocenters. The van der Waals surface area contributed by atoms with Crippen LogP contribution in [-0.4, -0.2) is 15.5 Å². The van der Waals surface area contributed by atoms with Crippen LogP contribution in [0.2, 0.25) is 0 Å². The molecule has 0 atom stereocenters. The van der Waals surface area contributed by atoms with E-state index in [1.807, 2.05) is 0 Å². The van der Waals surface area contributed by atoms with Gasteiger partial charge in [0.25, 0.3) is 0 Å². The molecule has 19 heavy (non-hydrogen) atoms. The van der Waals surface area contributed by atoms with Crippen LogP contribution < -0.4 is 0 Å². The van der Waals surface area contributed by atoms with Crippen molar-refractivity contribution in [1.82, 2.24) is 9.78 Å². The van der Waals surface area contributed by atoms with Gasteiger partial charge in [-0.2, -0.15) is 30.9 Å². The van der Waals surface area contributed by atoms with Gasteiger partial charge in [-0.05, 0) is 24.0 Å². The molecule has 0 saturated heterocycles. The number of aromatic nitrogens is 2. The van der Waals surface area contributed by atoms with E-state index in [1.165, 1.54) is 17.5 Å². The number of hydrogen-bond acceptors (Lipinski definition) is 2. The van der Waals surface area contributed by atoms with Crippen LogP contribution in [0.3, 0.4) is 0 Å². The lowest BCUT2D eigenvalue weighted by molar-refractivity contribution is -0.137. The predicted octanol–water partition coefficient (Wildman–Crippen LogP) is 4.17.